The standard InChI is InChI=1S/C8H13ClN2O3/c1-2-14-7(12)5-10-11(9)6-8(13)3-4-8/h5,13H,2-4,6H2,1H3/b10-5-. The molecule has 14 heavy (non-hydrogen) atoms. The summed E-state index contributed by atoms with van der Waals surface area (Å²) in [7, 11) is 0. The van der Waals surface area contributed by atoms with E-state index < -0.39 is 11.6 Å². The molecule has 0 spiro atoms. The first-order chi connectivity index (χ1) is 6.56. The van der Waals surface area contributed by atoms with E-state index in [1.54, 1.807) is 6.92 Å². The number of ether oxygens (including phenoxy) is 1. The van der Waals surface area contributed by atoms with Crippen molar-refractivity contribution in [1.82, 2.24) is 4.53 Å². The van der Waals surface area contributed by atoms with Crippen LogP contribution in [0.25, 0.3) is 0 Å². The van der Waals surface area contributed by atoms with E-state index in [-0.39, 0.29) is 6.54 Å². The normalized spacial score (nSPS) is 18.2. The summed E-state index contributed by atoms with van der Waals surface area (Å²) in [6.45, 7) is 2.23. The van der Waals surface area contributed by atoms with Crippen LogP contribution in [-0.4, -0.2) is 40.6 Å². The molecule has 1 saturated carbocycles. The second kappa shape index (κ2) is 4.61. The number of halogens is 1. The Bertz CT molecular complexity index is 241. The van der Waals surface area contributed by atoms with Crippen LogP contribution >= 0.6 is 11.8 Å². The lowest BCUT2D eigenvalue weighted by Gasteiger charge is -2.12. The number of hydrogen-bond donors (Lipinski definition) is 1. The van der Waals surface area contributed by atoms with Gasteiger partial charge in [0.15, 0.2) is 0 Å². The molecule has 0 aliphatic heterocycles. The lowest BCUT2D eigenvalue weighted by molar-refractivity contribution is -0.134. The van der Waals surface area contributed by atoms with Crippen molar-refractivity contribution in [2.75, 3.05) is 13.2 Å². The third kappa shape index (κ3) is 3.93. The molecule has 1 aliphatic rings. The van der Waals surface area contributed by atoms with Gasteiger partial charge in [0, 0.05) is 11.8 Å². The smallest absolute Gasteiger partial charge is 0.351 e. The highest BCUT2D eigenvalue weighted by molar-refractivity contribution is 6.24. The van der Waals surface area contributed by atoms with Crippen molar-refractivity contribution in [3.63, 3.8) is 0 Å². The predicted octanol–water partition coefficient (Wildman–Crippen LogP) is 0.516. The van der Waals surface area contributed by atoms with E-state index in [0.717, 1.165) is 23.6 Å². The van der Waals surface area contributed by atoms with Gasteiger partial charge in [0.2, 0.25) is 0 Å². The highest BCUT2D eigenvalue weighted by atomic mass is 35.5. The van der Waals surface area contributed by atoms with E-state index in [4.69, 9.17) is 11.8 Å². The number of hydrazone groups is 1. The minimum absolute atomic E-state index is 0.227. The van der Waals surface area contributed by atoms with Gasteiger partial charge in [-0.2, -0.15) is 5.10 Å². The second-order valence-electron chi connectivity index (χ2n) is 3.22. The van der Waals surface area contributed by atoms with Crippen molar-refractivity contribution in [2.24, 2.45) is 5.10 Å². The van der Waals surface area contributed by atoms with Gasteiger partial charge in [-0.05, 0) is 19.8 Å². The molecule has 1 rings (SSSR count). The van der Waals surface area contributed by atoms with Crippen LogP contribution < -0.4 is 0 Å². The number of carbonyl (C=O) groups is 1. The summed E-state index contributed by atoms with van der Waals surface area (Å²) >= 11 is 5.62. The summed E-state index contributed by atoms with van der Waals surface area (Å²) in [5.41, 5.74) is -0.715. The van der Waals surface area contributed by atoms with Gasteiger partial charge in [-0.15, -0.1) is 0 Å². The second-order valence-corrected chi connectivity index (χ2v) is 3.61. The number of esters is 1. The van der Waals surface area contributed by atoms with Gasteiger partial charge in [-0.25, -0.2) is 9.32 Å². The minimum atomic E-state index is -0.715. The lowest BCUT2D eigenvalue weighted by atomic mass is 10.3. The molecule has 0 heterocycles. The van der Waals surface area contributed by atoms with Crippen molar-refractivity contribution in [1.29, 1.82) is 0 Å². The van der Waals surface area contributed by atoms with Crippen molar-refractivity contribution in [3.05, 3.63) is 0 Å². The fourth-order valence-electron chi connectivity index (χ4n) is 0.875. The molecular formula is C8H13ClN2O3. The molecule has 0 aromatic heterocycles. The maximum Gasteiger partial charge on any atom is 0.351 e. The first kappa shape index (κ1) is 11.3. The third-order valence-corrected chi connectivity index (χ3v) is 2.03. The number of rotatable bonds is 5. The number of hydrogen-bond acceptors (Lipinski definition) is 5. The third-order valence-electron chi connectivity index (χ3n) is 1.83. The molecule has 5 nitrogen and oxygen atoms in total. The number of carbonyl (C=O) groups excluding carboxylic acids is 1. The fourth-order valence-corrected chi connectivity index (χ4v) is 1.14. The quantitative estimate of drug-likeness (QED) is 0.318. The van der Waals surface area contributed by atoms with Crippen molar-refractivity contribution in [2.45, 2.75) is 25.4 Å². The van der Waals surface area contributed by atoms with Crippen molar-refractivity contribution < 1.29 is 14.6 Å². The van der Waals surface area contributed by atoms with Gasteiger partial charge < -0.3 is 9.84 Å². The zero-order valence-corrected chi connectivity index (χ0v) is 8.70. The van der Waals surface area contributed by atoms with E-state index in [1.165, 1.54) is 0 Å². The van der Waals surface area contributed by atoms with Crippen LogP contribution in [0.15, 0.2) is 5.10 Å². The van der Waals surface area contributed by atoms with E-state index in [2.05, 4.69) is 9.84 Å². The van der Waals surface area contributed by atoms with Crippen molar-refractivity contribution >= 4 is 24.0 Å². The molecule has 80 valence electrons. The average Bonchev–Trinajstić information content (AvgIpc) is 2.80. The largest absolute Gasteiger partial charge is 0.462 e. The Morgan fingerprint density at radius 3 is 2.93 bits per heavy atom. The first-order valence-electron chi connectivity index (χ1n) is 4.42. The molecule has 0 radical (unpaired) electrons. The Hall–Kier alpha value is -0.810. The van der Waals surface area contributed by atoms with E-state index >= 15 is 0 Å². The fraction of sp³-hybridized carbons (Fsp3) is 0.750. The highest BCUT2D eigenvalue weighted by Crippen LogP contribution is 2.36. The maximum absolute atomic E-state index is 10.8. The molecule has 6 heteroatoms. The monoisotopic (exact) mass is 220 g/mol. The molecule has 1 fully saturated rings. The Morgan fingerprint density at radius 2 is 2.43 bits per heavy atom. The summed E-state index contributed by atoms with van der Waals surface area (Å²) in [6, 6.07) is 0. The molecule has 0 saturated heterocycles. The molecule has 1 N–H and O–H groups in total. The van der Waals surface area contributed by atoms with Gasteiger partial charge in [0.1, 0.15) is 6.21 Å². The Labute approximate surface area is 87.4 Å². The number of nitrogens with zero attached hydrogens (tertiary/aromatic N) is 2. The zero-order valence-electron chi connectivity index (χ0n) is 7.94. The summed E-state index contributed by atoms with van der Waals surface area (Å²) in [6.07, 6.45) is 2.44. The summed E-state index contributed by atoms with van der Waals surface area (Å²) in [5, 5.41) is 13.1. The van der Waals surface area contributed by atoms with Gasteiger partial charge in [-0.1, -0.05) is 0 Å². The van der Waals surface area contributed by atoms with Crippen LogP contribution in [0, 0.1) is 0 Å². The van der Waals surface area contributed by atoms with E-state index in [0.29, 0.717) is 6.61 Å². The van der Waals surface area contributed by atoms with Crippen LogP contribution in [0.3, 0.4) is 0 Å². The highest BCUT2D eigenvalue weighted by Gasteiger charge is 2.41. The van der Waals surface area contributed by atoms with Gasteiger partial charge in [0.05, 0.1) is 18.8 Å². The van der Waals surface area contributed by atoms with Crippen LogP contribution in [0.5, 0.6) is 0 Å². The molecule has 0 atom stereocenters. The van der Waals surface area contributed by atoms with Crippen LogP contribution in [0.2, 0.25) is 0 Å². The predicted molar refractivity (Wildman–Crippen MR) is 51.9 cm³/mol. The first-order valence-corrected chi connectivity index (χ1v) is 4.76. The topological polar surface area (TPSA) is 62.1 Å². The van der Waals surface area contributed by atoms with Crippen molar-refractivity contribution in [3.8, 4) is 0 Å². The van der Waals surface area contributed by atoms with Gasteiger partial charge in [0.25, 0.3) is 0 Å². The van der Waals surface area contributed by atoms with Gasteiger partial charge >= 0.3 is 5.97 Å². The average molecular weight is 221 g/mol. The van der Waals surface area contributed by atoms with Crippen LogP contribution in [0.1, 0.15) is 19.8 Å². The van der Waals surface area contributed by atoms with E-state index in [9.17, 15) is 9.90 Å². The molecule has 0 aromatic rings. The lowest BCUT2D eigenvalue weighted by Crippen LogP contribution is -2.23. The molecule has 0 bridgehead atoms. The summed E-state index contributed by atoms with van der Waals surface area (Å²) in [4.78, 5) is 10.8. The Balaban J connectivity index is 2.24. The maximum atomic E-state index is 10.8. The van der Waals surface area contributed by atoms with E-state index in [1.807, 2.05) is 0 Å². The minimum Gasteiger partial charge on any atom is -0.462 e. The number of aliphatic hydroxyl groups is 1. The summed E-state index contributed by atoms with van der Waals surface area (Å²) in [5.74, 6) is -0.541. The van der Waals surface area contributed by atoms with Crippen LogP contribution in [0.4, 0.5) is 0 Å². The molecule has 1 aliphatic carbocycles. The Kier molecular flexibility index (Phi) is 3.71. The molecule has 0 amide bonds. The van der Waals surface area contributed by atoms with Gasteiger partial charge in [-0.3, -0.25) is 0 Å². The molecular weight excluding hydrogens is 208 g/mol. The molecule has 0 aromatic carbocycles. The summed E-state index contributed by atoms with van der Waals surface area (Å²) < 4.78 is 5.62. The molecule has 0 unspecified atom stereocenters. The Morgan fingerprint density at radius 1 is 1.79 bits per heavy atom. The van der Waals surface area contributed by atoms with Crippen LogP contribution in [-0.2, 0) is 9.53 Å². The zero-order chi connectivity index (χ0) is 10.6. The SMILES string of the molecule is CCOC(=O)/C=N\N(Cl)CC1(O)CC1.